The molecule has 1 amide bonds. The van der Waals surface area contributed by atoms with Crippen LogP contribution in [-0.4, -0.2) is 55.7 Å². The van der Waals surface area contributed by atoms with E-state index in [1.165, 1.54) is 19.3 Å². The highest BCUT2D eigenvalue weighted by Gasteiger charge is 2.17. The van der Waals surface area contributed by atoms with Crippen LogP contribution in [0.3, 0.4) is 0 Å². The van der Waals surface area contributed by atoms with Crippen molar-refractivity contribution in [1.82, 2.24) is 5.32 Å². The van der Waals surface area contributed by atoms with Crippen LogP contribution in [0.25, 0.3) is 0 Å². The van der Waals surface area contributed by atoms with Crippen molar-refractivity contribution in [2.75, 3.05) is 39.6 Å². The fourth-order valence-corrected chi connectivity index (χ4v) is 4.89. The van der Waals surface area contributed by atoms with E-state index in [4.69, 9.17) is 14.2 Å². The summed E-state index contributed by atoms with van der Waals surface area (Å²) in [5.74, 6) is 6.99. The molecule has 0 fully saturated rings. The molecule has 5 nitrogen and oxygen atoms in total. The van der Waals surface area contributed by atoms with E-state index in [-0.39, 0.29) is 16.1 Å². The second kappa shape index (κ2) is 20.0. The molecule has 0 saturated carbocycles. The highest BCUT2D eigenvalue weighted by atomic mass is 33.1. The monoisotopic (exact) mass is 489 g/mol. The molecule has 0 saturated heterocycles. The SMILES string of the molecule is CC(C)C#CCNC(=O)CCOCCOCCOC(CCCCC(C)C)SSC(C)(C)C. The average molecular weight is 490 g/mol. The molecule has 0 aromatic heterocycles. The molecule has 0 aromatic carbocycles. The maximum atomic E-state index is 11.7. The molecule has 1 N–H and O–H groups in total. The molecule has 0 heterocycles. The lowest BCUT2D eigenvalue weighted by molar-refractivity contribution is -0.122. The Hall–Kier alpha value is -0.390. The molecule has 0 bridgehead atoms. The first-order valence-corrected chi connectivity index (χ1v) is 14.2. The molecular formula is C25H47NO4S2. The molecule has 7 heteroatoms. The Labute approximate surface area is 205 Å². The van der Waals surface area contributed by atoms with E-state index in [0.717, 1.165) is 12.3 Å². The van der Waals surface area contributed by atoms with E-state index >= 15 is 0 Å². The summed E-state index contributed by atoms with van der Waals surface area (Å²) in [6.07, 6.45) is 5.16. The Morgan fingerprint density at radius 3 is 2.19 bits per heavy atom. The number of ether oxygens (including phenoxy) is 3. The fraction of sp³-hybridized carbons (Fsp3) is 0.880. The number of unbranched alkanes of at least 4 members (excludes halogenated alkanes) is 1. The Balaban J connectivity index is 3.79. The maximum Gasteiger partial charge on any atom is 0.223 e. The lowest BCUT2D eigenvalue weighted by Crippen LogP contribution is -2.25. The largest absolute Gasteiger partial charge is 0.379 e. The summed E-state index contributed by atoms with van der Waals surface area (Å²) in [6, 6.07) is 0. The van der Waals surface area contributed by atoms with Gasteiger partial charge in [0, 0.05) is 17.1 Å². The Morgan fingerprint density at radius 2 is 1.56 bits per heavy atom. The fourth-order valence-electron chi connectivity index (χ4n) is 2.43. The number of hydrogen-bond donors (Lipinski definition) is 1. The molecule has 0 radical (unpaired) electrons. The molecule has 188 valence electrons. The van der Waals surface area contributed by atoms with Gasteiger partial charge in [-0.1, -0.05) is 94.7 Å². The zero-order valence-electron chi connectivity index (χ0n) is 21.5. The summed E-state index contributed by atoms with van der Waals surface area (Å²) in [7, 11) is 3.72. The van der Waals surface area contributed by atoms with E-state index in [9.17, 15) is 4.79 Å². The van der Waals surface area contributed by atoms with Gasteiger partial charge < -0.3 is 19.5 Å². The van der Waals surface area contributed by atoms with Crippen LogP contribution in [0.4, 0.5) is 0 Å². The number of amides is 1. The number of carbonyl (C=O) groups is 1. The summed E-state index contributed by atoms with van der Waals surface area (Å²) in [5, 5.41) is 2.77. The van der Waals surface area contributed by atoms with Gasteiger partial charge in [-0.2, -0.15) is 0 Å². The molecule has 0 aromatic rings. The lowest BCUT2D eigenvalue weighted by atomic mass is 10.1. The van der Waals surface area contributed by atoms with Gasteiger partial charge in [0.2, 0.25) is 5.91 Å². The third-order valence-corrected chi connectivity index (χ3v) is 7.63. The van der Waals surface area contributed by atoms with Gasteiger partial charge >= 0.3 is 0 Å². The summed E-state index contributed by atoms with van der Waals surface area (Å²) in [6.45, 7) is 18.2. The van der Waals surface area contributed by atoms with Crippen LogP contribution in [0.1, 0.15) is 80.6 Å². The topological polar surface area (TPSA) is 56.8 Å². The highest BCUT2D eigenvalue weighted by molar-refractivity contribution is 8.77. The molecule has 0 aliphatic heterocycles. The van der Waals surface area contributed by atoms with Crippen LogP contribution in [0.5, 0.6) is 0 Å². The summed E-state index contributed by atoms with van der Waals surface area (Å²) < 4.78 is 17.4. The molecule has 1 unspecified atom stereocenters. The zero-order chi connectivity index (χ0) is 24.2. The molecule has 0 spiro atoms. The summed E-state index contributed by atoms with van der Waals surface area (Å²) in [5.41, 5.74) is 0.204. The van der Waals surface area contributed by atoms with Crippen molar-refractivity contribution >= 4 is 27.5 Å². The minimum absolute atomic E-state index is 0.0394. The third kappa shape index (κ3) is 24.3. The van der Waals surface area contributed by atoms with Gasteiger partial charge in [0.15, 0.2) is 0 Å². The van der Waals surface area contributed by atoms with Gasteiger partial charge in [-0.15, -0.1) is 0 Å². The van der Waals surface area contributed by atoms with Crippen molar-refractivity contribution in [3.05, 3.63) is 0 Å². The van der Waals surface area contributed by atoms with E-state index in [2.05, 4.69) is 51.8 Å². The summed E-state index contributed by atoms with van der Waals surface area (Å²) >= 11 is 0. The van der Waals surface area contributed by atoms with Crippen LogP contribution < -0.4 is 5.32 Å². The Morgan fingerprint density at radius 1 is 0.938 bits per heavy atom. The van der Waals surface area contributed by atoms with E-state index in [1.807, 2.05) is 35.4 Å². The van der Waals surface area contributed by atoms with Crippen molar-refractivity contribution in [2.45, 2.75) is 90.8 Å². The Kier molecular flexibility index (Phi) is 19.8. The van der Waals surface area contributed by atoms with Crippen molar-refractivity contribution in [2.24, 2.45) is 11.8 Å². The number of hydrogen-bond acceptors (Lipinski definition) is 6. The molecule has 0 rings (SSSR count). The second-order valence-corrected chi connectivity index (χ2v) is 12.7. The van der Waals surface area contributed by atoms with Gasteiger partial charge in [0.05, 0.1) is 39.6 Å². The van der Waals surface area contributed by atoms with Gasteiger partial charge in [-0.3, -0.25) is 4.79 Å². The van der Waals surface area contributed by atoms with Crippen LogP contribution >= 0.6 is 21.6 Å². The standard InChI is InChI=1S/C25H47NO4S2/c1-21(2)11-8-9-13-24(31-32-25(5,6)7)30-20-19-29-18-17-28-16-14-23(27)26-15-10-12-22(3)4/h21-22,24H,8-9,11,13-20H2,1-7H3,(H,26,27). The maximum absolute atomic E-state index is 11.7. The van der Waals surface area contributed by atoms with Gasteiger partial charge in [-0.25, -0.2) is 0 Å². The van der Waals surface area contributed by atoms with E-state index in [0.29, 0.717) is 51.9 Å². The van der Waals surface area contributed by atoms with Gasteiger partial charge in [0.25, 0.3) is 0 Å². The van der Waals surface area contributed by atoms with Crippen molar-refractivity contribution < 1.29 is 19.0 Å². The van der Waals surface area contributed by atoms with Crippen molar-refractivity contribution in [3.8, 4) is 11.8 Å². The third-order valence-electron chi connectivity index (χ3n) is 4.02. The summed E-state index contributed by atoms with van der Waals surface area (Å²) in [4.78, 5) is 11.7. The molecule has 0 aliphatic carbocycles. The highest BCUT2D eigenvalue weighted by Crippen LogP contribution is 2.39. The minimum atomic E-state index is -0.0394. The zero-order valence-corrected chi connectivity index (χ0v) is 23.1. The van der Waals surface area contributed by atoms with Crippen LogP contribution in [0, 0.1) is 23.7 Å². The second-order valence-electron chi connectivity index (χ2n) is 9.50. The van der Waals surface area contributed by atoms with Crippen molar-refractivity contribution in [1.29, 1.82) is 0 Å². The molecular weight excluding hydrogens is 442 g/mol. The minimum Gasteiger partial charge on any atom is -0.379 e. The van der Waals surface area contributed by atoms with Gasteiger partial charge in [-0.05, 0) is 18.8 Å². The van der Waals surface area contributed by atoms with Crippen LogP contribution in [0.15, 0.2) is 0 Å². The number of nitrogens with one attached hydrogen (secondary N) is 1. The van der Waals surface area contributed by atoms with E-state index in [1.54, 1.807) is 0 Å². The smallest absolute Gasteiger partial charge is 0.223 e. The quantitative estimate of drug-likeness (QED) is 0.112. The predicted octanol–water partition coefficient (Wildman–Crippen LogP) is 5.92. The lowest BCUT2D eigenvalue weighted by Gasteiger charge is -2.22. The average Bonchev–Trinajstić information content (AvgIpc) is 2.69. The van der Waals surface area contributed by atoms with Crippen LogP contribution in [-0.2, 0) is 19.0 Å². The number of rotatable bonds is 18. The van der Waals surface area contributed by atoms with Gasteiger partial charge in [0.1, 0.15) is 5.44 Å². The molecule has 32 heavy (non-hydrogen) atoms. The first kappa shape index (κ1) is 31.6. The Bertz CT molecular complexity index is 524. The molecule has 1 atom stereocenters. The first-order chi connectivity index (χ1) is 15.1. The predicted molar refractivity (Wildman–Crippen MR) is 140 cm³/mol. The first-order valence-electron chi connectivity index (χ1n) is 12.0. The number of carbonyl (C=O) groups excluding carboxylic acids is 1. The normalized spacial score (nSPS) is 12.7. The van der Waals surface area contributed by atoms with Crippen molar-refractivity contribution in [3.63, 3.8) is 0 Å². The van der Waals surface area contributed by atoms with E-state index < -0.39 is 0 Å². The van der Waals surface area contributed by atoms with Crippen LogP contribution in [0.2, 0.25) is 0 Å². The molecule has 0 aliphatic rings.